The van der Waals surface area contributed by atoms with Gasteiger partial charge in [0, 0.05) is 17.5 Å². The SMILES string of the molecule is Cc1ccc(NC(=O)[C@@H]2CC3c4ccccc4C2c2ccccc23)cc1C. The van der Waals surface area contributed by atoms with Crippen LogP contribution in [0, 0.1) is 19.8 Å². The number of fused-ring (bicyclic) bond motifs is 1. The average Bonchev–Trinajstić information content (AvgIpc) is 2.71. The Bertz CT molecular complexity index is 1000. The maximum atomic E-state index is 13.3. The first-order chi connectivity index (χ1) is 13.1. The maximum Gasteiger partial charge on any atom is 0.228 e. The van der Waals surface area contributed by atoms with E-state index in [-0.39, 0.29) is 17.7 Å². The maximum absolute atomic E-state index is 13.3. The molecular formula is C25H23NO. The standard InChI is InChI=1S/C25H23NO/c1-15-11-12-17(13-16(15)2)26-25(27)23-14-22-18-7-3-5-9-20(18)24(23)21-10-6-4-8-19(21)22/h3-13,22-24H,14H2,1-2H3,(H,26,27)/t22?,23-,24?/m1/s1. The van der Waals surface area contributed by atoms with E-state index in [1.165, 1.54) is 33.4 Å². The van der Waals surface area contributed by atoms with E-state index in [0.29, 0.717) is 5.92 Å². The van der Waals surface area contributed by atoms with E-state index in [9.17, 15) is 4.79 Å². The molecule has 1 N–H and O–H groups in total. The van der Waals surface area contributed by atoms with Gasteiger partial charge >= 0.3 is 0 Å². The minimum atomic E-state index is -0.0265. The summed E-state index contributed by atoms with van der Waals surface area (Å²) in [5.74, 6) is 0.575. The average molecular weight is 353 g/mol. The minimum Gasteiger partial charge on any atom is -0.326 e. The number of nitrogens with one attached hydrogen (secondary N) is 1. The highest BCUT2D eigenvalue weighted by Crippen LogP contribution is 2.55. The number of carbonyl (C=O) groups excluding carboxylic acids is 1. The third-order valence-electron chi connectivity index (χ3n) is 6.42. The summed E-state index contributed by atoms with van der Waals surface area (Å²) in [6, 6.07) is 23.5. The molecule has 3 aromatic rings. The summed E-state index contributed by atoms with van der Waals surface area (Å²) in [7, 11) is 0. The molecule has 27 heavy (non-hydrogen) atoms. The molecule has 0 radical (unpaired) electrons. The fourth-order valence-electron chi connectivity index (χ4n) is 4.95. The van der Waals surface area contributed by atoms with Gasteiger partial charge in [-0.2, -0.15) is 0 Å². The number of hydrogen-bond acceptors (Lipinski definition) is 1. The lowest BCUT2D eigenvalue weighted by molar-refractivity contribution is -0.121. The van der Waals surface area contributed by atoms with Crippen LogP contribution in [0.3, 0.4) is 0 Å². The van der Waals surface area contributed by atoms with Crippen molar-refractivity contribution >= 4 is 11.6 Å². The van der Waals surface area contributed by atoms with Gasteiger partial charge in [0.05, 0.1) is 5.92 Å². The van der Waals surface area contributed by atoms with Crippen LogP contribution in [0.15, 0.2) is 66.7 Å². The molecule has 0 aromatic heterocycles. The smallest absolute Gasteiger partial charge is 0.228 e. The van der Waals surface area contributed by atoms with Crippen LogP contribution in [0.1, 0.15) is 51.6 Å². The Labute approximate surface area is 160 Å². The van der Waals surface area contributed by atoms with Gasteiger partial charge in [-0.25, -0.2) is 0 Å². The summed E-state index contributed by atoms with van der Waals surface area (Å²) in [6.07, 6.45) is 0.884. The molecule has 1 atom stereocenters. The topological polar surface area (TPSA) is 29.1 Å². The molecule has 2 bridgehead atoms. The summed E-state index contributed by atoms with van der Waals surface area (Å²) in [5, 5.41) is 3.19. The zero-order valence-electron chi connectivity index (χ0n) is 15.7. The van der Waals surface area contributed by atoms with Crippen molar-refractivity contribution in [2.75, 3.05) is 5.32 Å². The van der Waals surface area contributed by atoms with Gasteiger partial charge in [-0.1, -0.05) is 54.6 Å². The predicted molar refractivity (Wildman–Crippen MR) is 109 cm³/mol. The lowest BCUT2D eigenvalue weighted by Crippen LogP contribution is -2.38. The third kappa shape index (κ3) is 2.51. The van der Waals surface area contributed by atoms with Crippen LogP contribution in [0.5, 0.6) is 0 Å². The molecule has 6 rings (SSSR count). The summed E-state index contributed by atoms with van der Waals surface area (Å²) < 4.78 is 0. The van der Waals surface area contributed by atoms with Crippen LogP contribution in [0.2, 0.25) is 0 Å². The molecule has 0 aliphatic heterocycles. The van der Waals surface area contributed by atoms with Gasteiger partial charge in [-0.15, -0.1) is 0 Å². The van der Waals surface area contributed by atoms with E-state index in [1.807, 2.05) is 6.07 Å². The van der Waals surface area contributed by atoms with Gasteiger partial charge in [0.15, 0.2) is 0 Å². The van der Waals surface area contributed by atoms with E-state index in [1.54, 1.807) is 0 Å². The Balaban J connectivity index is 1.53. The molecule has 0 fully saturated rings. The second-order valence-electron chi connectivity index (χ2n) is 7.92. The van der Waals surface area contributed by atoms with Crippen molar-refractivity contribution in [2.45, 2.75) is 32.1 Å². The largest absolute Gasteiger partial charge is 0.326 e. The van der Waals surface area contributed by atoms with Crippen molar-refractivity contribution in [3.05, 3.63) is 100 Å². The number of carbonyl (C=O) groups is 1. The van der Waals surface area contributed by atoms with Gasteiger partial charge in [0.2, 0.25) is 5.91 Å². The van der Waals surface area contributed by atoms with E-state index in [4.69, 9.17) is 0 Å². The lowest BCUT2D eigenvalue weighted by atomic mass is 9.59. The molecule has 3 aliphatic rings. The number of rotatable bonds is 2. The predicted octanol–water partition coefficient (Wildman–Crippen LogP) is 5.54. The Morgan fingerprint density at radius 3 is 2.00 bits per heavy atom. The van der Waals surface area contributed by atoms with E-state index in [2.05, 4.69) is 79.8 Å². The first-order valence-electron chi connectivity index (χ1n) is 9.69. The monoisotopic (exact) mass is 353 g/mol. The molecule has 0 saturated carbocycles. The van der Waals surface area contributed by atoms with Gasteiger partial charge in [-0.05, 0) is 65.8 Å². The molecule has 1 amide bonds. The minimum absolute atomic E-state index is 0.0265. The zero-order chi connectivity index (χ0) is 18.5. The van der Waals surface area contributed by atoms with Crippen LogP contribution in [-0.2, 0) is 4.79 Å². The number of benzene rings is 3. The number of aryl methyl sites for hydroxylation is 2. The molecular weight excluding hydrogens is 330 g/mol. The summed E-state index contributed by atoms with van der Waals surface area (Å²) >= 11 is 0. The van der Waals surface area contributed by atoms with E-state index in [0.717, 1.165) is 12.1 Å². The van der Waals surface area contributed by atoms with Crippen LogP contribution < -0.4 is 5.32 Å². The summed E-state index contributed by atoms with van der Waals surface area (Å²) in [4.78, 5) is 13.3. The van der Waals surface area contributed by atoms with Gasteiger partial charge in [-0.3, -0.25) is 4.79 Å². The van der Waals surface area contributed by atoms with Gasteiger partial charge in [0.25, 0.3) is 0 Å². The molecule has 2 heteroatoms. The second-order valence-corrected chi connectivity index (χ2v) is 7.92. The van der Waals surface area contributed by atoms with Crippen LogP contribution in [0.25, 0.3) is 0 Å². The van der Waals surface area contributed by atoms with Crippen molar-refractivity contribution in [1.82, 2.24) is 0 Å². The Hall–Kier alpha value is -2.87. The fourth-order valence-corrected chi connectivity index (χ4v) is 4.95. The van der Waals surface area contributed by atoms with Crippen molar-refractivity contribution in [2.24, 2.45) is 5.92 Å². The van der Waals surface area contributed by atoms with Gasteiger partial charge < -0.3 is 5.32 Å². The van der Waals surface area contributed by atoms with Crippen LogP contribution in [0.4, 0.5) is 5.69 Å². The fraction of sp³-hybridized carbons (Fsp3) is 0.240. The Kier molecular flexibility index (Phi) is 3.68. The van der Waals surface area contributed by atoms with Crippen molar-refractivity contribution in [3.8, 4) is 0 Å². The molecule has 0 unspecified atom stereocenters. The first-order valence-corrected chi connectivity index (χ1v) is 9.69. The quantitative estimate of drug-likeness (QED) is 0.644. The number of amides is 1. The molecule has 0 saturated heterocycles. The normalized spacial score (nSPS) is 22.1. The molecule has 3 aliphatic carbocycles. The van der Waals surface area contributed by atoms with E-state index < -0.39 is 0 Å². The summed E-state index contributed by atoms with van der Waals surface area (Å²) in [5.41, 5.74) is 8.79. The highest BCUT2D eigenvalue weighted by atomic mass is 16.1. The molecule has 134 valence electrons. The zero-order valence-corrected chi connectivity index (χ0v) is 15.7. The van der Waals surface area contributed by atoms with Crippen LogP contribution in [-0.4, -0.2) is 5.91 Å². The molecule has 0 spiro atoms. The Morgan fingerprint density at radius 2 is 1.41 bits per heavy atom. The highest BCUT2D eigenvalue weighted by Gasteiger charge is 2.45. The number of hydrogen-bond donors (Lipinski definition) is 1. The highest BCUT2D eigenvalue weighted by molar-refractivity contribution is 5.94. The van der Waals surface area contributed by atoms with Crippen molar-refractivity contribution < 1.29 is 4.79 Å². The van der Waals surface area contributed by atoms with Crippen LogP contribution >= 0.6 is 0 Å². The summed E-state index contributed by atoms with van der Waals surface area (Å²) in [6.45, 7) is 4.18. The third-order valence-corrected chi connectivity index (χ3v) is 6.42. The van der Waals surface area contributed by atoms with Crippen molar-refractivity contribution in [1.29, 1.82) is 0 Å². The van der Waals surface area contributed by atoms with E-state index >= 15 is 0 Å². The lowest BCUT2D eigenvalue weighted by Gasteiger charge is -2.44. The molecule has 3 aromatic carbocycles. The van der Waals surface area contributed by atoms with Gasteiger partial charge in [0.1, 0.15) is 0 Å². The number of anilines is 1. The second kappa shape index (κ2) is 6.09. The Morgan fingerprint density at radius 1 is 0.815 bits per heavy atom. The molecule has 2 nitrogen and oxygen atoms in total. The molecule has 0 heterocycles. The first kappa shape index (κ1) is 16.3. The van der Waals surface area contributed by atoms with Crippen molar-refractivity contribution in [3.63, 3.8) is 0 Å².